The number of benzene rings is 1. The van der Waals surface area contributed by atoms with Crippen LogP contribution in [-0.4, -0.2) is 20.6 Å². The van der Waals surface area contributed by atoms with E-state index in [0.717, 1.165) is 6.54 Å². The Hall–Kier alpha value is -0.860. The number of hydrogen-bond acceptors (Lipinski definition) is 2. The Balaban J connectivity index is 3.22. The fourth-order valence-corrected chi connectivity index (χ4v) is 3.23. The predicted octanol–water partition coefficient (Wildman–Crippen LogP) is 3.36. The monoisotopic (exact) mass is 262 g/mol. The lowest BCUT2D eigenvalue weighted by atomic mass is 9.81. The van der Waals surface area contributed by atoms with Crippen LogP contribution >= 0.6 is 0 Å². The Labute approximate surface area is 119 Å². The minimum atomic E-state index is 0.410. The van der Waals surface area contributed by atoms with Gasteiger partial charge in [0.1, 0.15) is 0 Å². The van der Waals surface area contributed by atoms with Gasteiger partial charge in [-0.15, -0.1) is 0 Å². The summed E-state index contributed by atoms with van der Waals surface area (Å²) in [7, 11) is 4.12. The average molecular weight is 262 g/mol. The van der Waals surface area contributed by atoms with Crippen molar-refractivity contribution in [2.45, 2.75) is 40.7 Å². The molecule has 0 spiro atoms. The van der Waals surface area contributed by atoms with Crippen molar-refractivity contribution >= 4 is 0 Å². The van der Waals surface area contributed by atoms with E-state index in [1.807, 2.05) is 7.05 Å². The Bertz CT molecular complexity index is 387. The summed E-state index contributed by atoms with van der Waals surface area (Å²) in [5.74, 6) is 1.24. The molecule has 108 valence electrons. The van der Waals surface area contributed by atoms with Crippen molar-refractivity contribution in [2.75, 3.05) is 20.6 Å². The van der Waals surface area contributed by atoms with Gasteiger partial charge in [0.2, 0.25) is 0 Å². The molecular formula is C17H30N2. The van der Waals surface area contributed by atoms with Crippen LogP contribution < -0.4 is 10.6 Å². The van der Waals surface area contributed by atoms with E-state index in [9.17, 15) is 0 Å². The lowest BCUT2D eigenvalue weighted by Gasteiger charge is -2.32. The van der Waals surface area contributed by atoms with Crippen LogP contribution in [0.15, 0.2) is 12.1 Å². The SMILES string of the molecule is CNCC(C(C)C)C(NC)c1c(C)cc(C)cc1C. The minimum Gasteiger partial charge on any atom is -0.319 e. The summed E-state index contributed by atoms with van der Waals surface area (Å²) < 4.78 is 0. The second-order valence-electron chi connectivity index (χ2n) is 6.04. The summed E-state index contributed by atoms with van der Waals surface area (Å²) in [6, 6.07) is 5.00. The molecule has 2 heteroatoms. The third-order valence-electron chi connectivity index (χ3n) is 4.08. The molecule has 2 nitrogen and oxygen atoms in total. The molecule has 0 saturated heterocycles. The maximum absolute atomic E-state index is 3.55. The van der Waals surface area contributed by atoms with Crippen LogP contribution in [0.25, 0.3) is 0 Å². The smallest absolute Gasteiger partial charge is 0.0366 e. The molecule has 1 rings (SSSR count). The highest BCUT2D eigenvalue weighted by Crippen LogP contribution is 2.32. The zero-order chi connectivity index (χ0) is 14.6. The van der Waals surface area contributed by atoms with Gasteiger partial charge in [0.25, 0.3) is 0 Å². The van der Waals surface area contributed by atoms with E-state index in [1.54, 1.807) is 0 Å². The molecule has 2 atom stereocenters. The predicted molar refractivity (Wildman–Crippen MR) is 84.7 cm³/mol. The van der Waals surface area contributed by atoms with Crippen LogP contribution in [0.1, 0.15) is 42.1 Å². The van der Waals surface area contributed by atoms with Crippen LogP contribution in [0, 0.1) is 32.6 Å². The van der Waals surface area contributed by atoms with Gasteiger partial charge in [-0.05, 0) is 69.9 Å². The van der Waals surface area contributed by atoms with E-state index in [-0.39, 0.29) is 0 Å². The van der Waals surface area contributed by atoms with Crippen molar-refractivity contribution in [3.8, 4) is 0 Å². The second kappa shape index (κ2) is 7.06. The molecule has 0 amide bonds. The quantitative estimate of drug-likeness (QED) is 0.821. The van der Waals surface area contributed by atoms with E-state index in [4.69, 9.17) is 0 Å². The van der Waals surface area contributed by atoms with Crippen molar-refractivity contribution in [3.05, 3.63) is 34.4 Å². The minimum absolute atomic E-state index is 0.410. The van der Waals surface area contributed by atoms with Gasteiger partial charge < -0.3 is 10.6 Å². The first-order chi connectivity index (χ1) is 8.92. The normalized spacial score (nSPS) is 14.7. The Morgan fingerprint density at radius 2 is 1.53 bits per heavy atom. The second-order valence-corrected chi connectivity index (χ2v) is 6.04. The fraction of sp³-hybridized carbons (Fsp3) is 0.647. The first-order valence-corrected chi connectivity index (χ1v) is 7.32. The molecule has 0 aromatic heterocycles. The first-order valence-electron chi connectivity index (χ1n) is 7.32. The Kier molecular flexibility index (Phi) is 6.02. The van der Waals surface area contributed by atoms with Gasteiger partial charge in [-0.25, -0.2) is 0 Å². The number of aryl methyl sites for hydroxylation is 3. The molecule has 0 fully saturated rings. The molecule has 1 aromatic rings. The van der Waals surface area contributed by atoms with Gasteiger partial charge in [-0.1, -0.05) is 31.5 Å². The molecule has 0 aliphatic carbocycles. The molecule has 0 aliphatic rings. The summed E-state index contributed by atoms with van der Waals surface area (Å²) in [6.45, 7) is 12.3. The van der Waals surface area contributed by atoms with Gasteiger partial charge in [-0.3, -0.25) is 0 Å². The van der Waals surface area contributed by atoms with Crippen LogP contribution in [0.2, 0.25) is 0 Å². The van der Waals surface area contributed by atoms with Gasteiger partial charge in [0, 0.05) is 6.04 Å². The molecule has 19 heavy (non-hydrogen) atoms. The van der Waals surface area contributed by atoms with Crippen LogP contribution in [-0.2, 0) is 0 Å². The molecule has 0 radical (unpaired) electrons. The average Bonchev–Trinajstić information content (AvgIpc) is 2.30. The highest BCUT2D eigenvalue weighted by molar-refractivity contribution is 5.40. The molecule has 0 aliphatic heterocycles. The van der Waals surface area contributed by atoms with E-state index >= 15 is 0 Å². The highest BCUT2D eigenvalue weighted by Gasteiger charge is 2.26. The zero-order valence-corrected chi connectivity index (χ0v) is 13.6. The van der Waals surface area contributed by atoms with E-state index < -0.39 is 0 Å². The van der Waals surface area contributed by atoms with Gasteiger partial charge >= 0.3 is 0 Å². The van der Waals surface area contributed by atoms with Crippen LogP contribution in [0.3, 0.4) is 0 Å². The Morgan fingerprint density at radius 3 is 1.89 bits per heavy atom. The Morgan fingerprint density at radius 1 is 1.00 bits per heavy atom. The maximum Gasteiger partial charge on any atom is 0.0366 e. The molecule has 2 N–H and O–H groups in total. The third-order valence-corrected chi connectivity index (χ3v) is 4.08. The van der Waals surface area contributed by atoms with Crippen molar-refractivity contribution in [2.24, 2.45) is 11.8 Å². The number of nitrogens with one attached hydrogen (secondary N) is 2. The van der Waals surface area contributed by atoms with Crippen molar-refractivity contribution in [1.29, 1.82) is 0 Å². The number of hydrogen-bond donors (Lipinski definition) is 2. The van der Waals surface area contributed by atoms with Crippen LogP contribution in [0.4, 0.5) is 0 Å². The summed E-state index contributed by atoms with van der Waals surface area (Å²) in [5, 5.41) is 6.89. The van der Waals surface area contributed by atoms with Gasteiger partial charge in [-0.2, -0.15) is 0 Å². The molecule has 0 bridgehead atoms. The summed E-state index contributed by atoms with van der Waals surface area (Å²) >= 11 is 0. The first kappa shape index (κ1) is 16.2. The standard InChI is InChI=1S/C17H30N2/c1-11(2)15(10-18-6)17(19-7)16-13(4)8-12(3)9-14(16)5/h8-9,11,15,17-19H,10H2,1-7H3. The fourth-order valence-electron chi connectivity index (χ4n) is 3.23. The van der Waals surface area contributed by atoms with Gasteiger partial charge in [0.15, 0.2) is 0 Å². The summed E-state index contributed by atoms with van der Waals surface area (Å²) in [4.78, 5) is 0. The lowest BCUT2D eigenvalue weighted by Crippen LogP contribution is -2.36. The maximum atomic E-state index is 3.55. The van der Waals surface area contributed by atoms with E-state index in [0.29, 0.717) is 17.9 Å². The lowest BCUT2D eigenvalue weighted by molar-refractivity contribution is 0.283. The van der Waals surface area contributed by atoms with Crippen LogP contribution in [0.5, 0.6) is 0 Å². The van der Waals surface area contributed by atoms with E-state index in [2.05, 4.69) is 64.4 Å². The molecular weight excluding hydrogens is 232 g/mol. The van der Waals surface area contributed by atoms with E-state index in [1.165, 1.54) is 22.3 Å². The third kappa shape index (κ3) is 3.80. The topological polar surface area (TPSA) is 24.1 Å². The van der Waals surface area contributed by atoms with Crippen molar-refractivity contribution in [3.63, 3.8) is 0 Å². The zero-order valence-electron chi connectivity index (χ0n) is 13.6. The molecule has 0 saturated carbocycles. The summed E-state index contributed by atoms with van der Waals surface area (Å²) in [6.07, 6.45) is 0. The van der Waals surface area contributed by atoms with Crippen molar-refractivity contribution < 1.29 is 0 Å². The largest absolute Gasteiger partial charge is 0.319 e. The summed E-state index contributed by atoms with van der Waals surface area (Å²) in [5.41, 5.74) is 5.63. The van der Waals surface area contributed by atoms with Crippen molar-refractivity contribution in [1.82, 2.24) is 10.6 Å². The van der Waals surface area contributed by atoms with Gasteiger partial charge in [0.05, 0.1) is 0 Å². The number of rotatable bonds is 6. The highest BCUT2D eigenvalue weighted by atomic mass is 14.9. The molecule has 1 aromatic carbocycles. The molecule has 0 heterocycles. The molecule has 2 unspecified atom stereocenters.